The minimum Gasteiger partial charge on any atom is -0.453 e. The maximum atomic E-state index is 5.78. The van der Waals surface area contributed by atoms with Crippen molar-refractivity contribution in [2.75, 3.05) is 6.54 Å². The Morgan fingerprint density at radius 1 is 1.29 bits per heavy atom. The molecule has 0 amide bonds. The van der Waals surface area contributed by atoms with Gasteiger partial charge in [0.15, 0.2) is 5.76 Å². The van der Waals surface area contributed by atoms with Crippen LogP contribution < -0.4 is 5.32 Å². The number of benzene rings is 1. The van der Waals surface area contributed by atoms with Crippen molar-refractivity contribution < 1.29 is 8.94 Å². The maximum absolute atomic E-state index is 5.78. The standard InChI is InChI=1S/C16H17N3O2/c1-10-5-4-8-17-14(10)16-18-15(19-21-16)13-9-11-6-2-3-7-12(11)20-13/h2-3,6-7,9-10,14,17H,4-5,8H2,1H3. The van der Waals surface area contributed by atoms with Crippen molar-refractivity contribution >= 4 is 11.0 Å². The molecule has 0 spiro atoms. The van der Waals surface area contributed by atoms with E-state index in [4.69, 9.17) is 8.94 Å². The first-order valence-corrected chi connectivity index (χ1v) is 7.37. The summed E-state index contributed by atoms with van der Waals surface area (Å²) in [5, 5.41) is 8.57. The number of piperidine rings is 1. The van der Waals surface area contributed by atoms with Crippen molar-refractivity contribution in [2.45, 2.75) is 25.8 Å². The summed E-state index contributed by atoms with van der Waals surface area (Å²) in [5.41, 5.74) is 0.836. The van der Waals surface area contributed by atoms with E-state index in [9.17, 15) is 0 Å². The summed E-state index contributed by atoms with van der Waals surface area (Å²) < 4.78 is 11.2. The molecule has 5 nitrogen and oxygen atoms in total. The van der Waals surface area contributed by atoms with Crippen LogP contribution in [-0.2, 0) is 0 Å². The van der Waals surface area contributed by atoms with E-state index in [1.165, 1.54) is 12.8 Å². The number of aromatic nitrogens is 2. The highest BCUT2D eigenvalue weighted by molar-refractivity contribution is 5.81. The van der Waals surface area contributed by atoms with E-state index in [0.29, 0.717) is 23.4 Å². The lowest BCUT2D eigenvalue weighted by Crippen LogP contribution is -2.33. The second kappa shape index (κ2) is 5.00. The lowest BCUT2D eigenvalue weighted by Gasteiger charge is -2.26. The Morgan fingerprint density at radius 3 is 3.05 bits per heavy atom. The predicted octanol–water partition coefficient (Wildman–Crippen LogP) is 3.54. The van der Waals surface area contributed by atoms with Crippen LogP contribution in [0.15, 0.2) is 39.3 Å². The van der Waals surface area contributed by atoms with Gasteiger partial charge in [-0.25, -0.2) is 0 Å². The number of nitrogens with one attached hydrogen (secondary N) is 1. The largest absolute Gasteiger partial charge is 0.453 e. The van der Waals surface area contributed by atoms with E-state index in [1.54, 1.807) is 0 Å². The lowest BCUT2D eigenvalue weighted by molar-refractivity contribution is 0.239. The van der Waals surface area contributed by atoms with Gasteiger partial charge in [0.25, 0.3) is 0 Å². The fraction of sp³-hybridized carbons (Fsp3) is 0.375. The van der Waals surface area contributed by atoms with Gasteiger partial charge in [-0.1, -0.05) is 30.3 Å². The van der Waals surface area contributed by atoms with Crippen LogP contribution in [-0.4, -0.2) is 16.7 Å². The predicted molar refractivity (Wildman–Crippen MR) is 78.6 cm³/mol. The number of rotatable bonds is 2. The molecule has 0 aliphatic carbocycles. The van der Waals surface area contributed by atoms with Crippen molar-refractivity contribution in [3.8, 4) is 11.6 Å². The molecule has 1 aliphatic heterocycles. The minimum atomic E-state index is 0.143. The SMILES string of the molecule is CC1CCCNC1c1nc(-c2cc3ccccc3o2)no1. The van der Waals surface area contributed by atoms with Gasteiger partial charge in [0.2, 0.25) is 11.7 Å². The van der Waals surface area contributed by atoms with Gasteiger partial charge in [-0.3, -0.25) is 0 Å². The second-order valence-electron chi connectivity index (χ2n) is 5.66. The molecule has 0 radical (unpaired) electrons. The molecular formula is C16H17N3O2. The van der Waals surface area contributed by atoms with Crippen LogP contribution in [0.1, 0.15) is 31.7 Å². The first kappa shape index (κ1) is 12.6. The molecule has 2 atom stereocenters. The van der Waals surface area contributed by atoms with Crippen molar-refractivity contribution in [3.63, 3.8) is 0 Å². The summed E-state index contributed by atoms with van der Waals surface area (Å²) in [7, 11) is 0. The summed E-state index contributed by atoms with van der Waals surface area (Å²) in [5.74, 6) is 2.32. The highest BCUT2D eigenvalue weighted by Gasteiger charge is 2.28. The third kappa shape index (κ3) is 2.23. The van der Waals surface area contributed by atoms with Crippen molar-refractivity contribution in [3.05, 3.63) is 36.2 Å². The Balaban J connectivity index is 1.67. The van der Waals surface area contributed by atoms with Crippen LogP contribution >= 0.6 is 0 Å². The van der Waals surface area contributed by atoms with Crippen molar-refractivity contribution in [1.82, 2.24) is 15.5 Å². The van der Waals surface area contributed by atoms with Crippen LogP contribution in [0, 0.1) is 5.92 Å². The van der Waals surface area contributed by atoms with Gasteiger partial charge in [0.05, 0.1) is 6.04 Å². The summed E-state index contributed by atoms with van der Waals surface area (Å²) in [6.45, 7) is 3.21. The van der Waals surface area contributed by atoms with E-state index < -0.39 is 0 Å². The average Bonchev–Trinajstić information content (AvgIpc) is 3.14. The topological polar surface area (TPSA) is 64.1 Å². The van der Waals surface area contributed by atoms with Gasteiger partial charge in [0, 0.05) is 5.39 Å². The van der Waals surface area contributed by atoms with Crippen LogP contribution in [0.5, 0.6) is 0 Å². The van der Waals surface area contributed by atoms with Crippen LogP contribution in [0.4, 0.5) is 0 Å². The Labute approximate surface area is 122 Å². The quantitative estimate of drug-likeness (QED) is 0.779. The first-order chi connectivity index (χ1) is 10.3. The molecule has 5 heteroatoms. The Bertz CT molecular complexity index is 729. The van der Waals surface area contributed by atoms with Crippen LogP contribution in [0.2, 0.25) is 0 Å². The Hall–Kier alpha value is -2.14. The zero-order valence-corrected chi connectivity index (χ0v) is 11.9. The summed E-state index contributed by atoms with van der Waals surface area (Å²) >= 11 is 0. The molecule has 1 saturated heterocycles. The van der Waals surface area contributed by atoms with Gasteiger partial charge in [-0.05, 0) is 37.4 Å². The monoisotopic (exact) mass is 283 g/mol. The Kier molecular flexibility index (Phi) is 3.00. The van der Waals surface area contributed by atoms with E-state index in [0.717, 1.165) is 17.5 Å². The molecule has 21 heavy (non-hydrogen) atoms. The molecule has 0 bridgehead atoms. The van der Waals surface area contributed by atoms with E-state index in [-0.39, 0.29) is 6.04 Å². The third-order valence-corrected chi connectivity index (χ3v) is 4.12. The van der Waals surface area contributed by atoms with Crippen molar-refractivity contribution in [1.29, 1.82) is 0 Å². The summed E-state index contributed by atoms with van der Waals surface area (Å²) in [6.07, 6.45) is 2.38. The maximum Gasteiger partial charge on any atom is 0.244 e. The van der Waals surface area contributed by atoms with Crippen LogP contribution in [0.25, 0.3) is 22.6 Å². The number of fused-ring (bicyclic) bond motifs is 1. The van der Waals surface area contributed by atoms with Gasteiger partial charge >= 0.3 is 0 Å². The zero-order valence-electron chi connectivity index (χ0n) is 11.9. The minimum absolute atomic E-state index is 0.143. The number of hydrogen-bond donors (Lipinski definition) is 1. The fourth-order valence-electron chi connectivity index (χ4n) is 2.93. The van der Waals surface area contributed by atoms with Crippen LogP contribution in [0.3, 0.4) is 0 Å². The molecule has 1 N–H and O–H groups in total. The highest BCUT2D eigenvalue weighted by Crippen LogP contribution is 2.30. The van der Waals surface area contributed by atoms with Gasteiger partial charge in [-0.15, -0.1) is 0 Å². The van der Waals surface area contributed by atoms with Gasteiger partial charge < -0.3 is 14.3 Å². The summed E-state index contributed by atoms with van der Waals surface area (Å²) in [4.78, 5) is 4.52. The average molecular weight is 283 g/mol. The van der Waals surface area contributed by atoms with Gasteiger partial charge in [0.1, 0.15) is 5.58 Å². The molecule has 0 saturated carbocycles. The molecule has 1 fully saturated rings. The molecule has 3 aromatic rings. The zero-order chi connectivity index (χ0) is 14.2. The normalized spacial score (nSPS) is 22.7. The molecule has 2 unspecified atom stereocenters. The smallest absolute Gasteiger partial charge is 0.244 e. The molecular weight excluding hydrogens is 266 g/mol. The second-order valence-corrected chi connectivity index (χ2v) is 5.66. The summed E-state index contributed by atoms with van der Waals surface area (Å²) in [6, 6.07) is 9.96. The molecule has 1 aromatic carbocycles. The molecule has 4 rings (SSSR count). The molecule has 2 aromatic heterocycles. The third-order valence-electron chi connectivity index (χ3n) is 4.12. The van der Waals surface area contributed by atoms with E-state index in [1.807, 2.05) is 30.3 Å². The Morgan fingerprint density at radius 2 is 2.19 bits per heavy atom. The number of furan rings is 1. The lowest BCUT2D eigenvalue weighted by atomic mass is 9.93. The molecule has 1 aliphatic rings. The van der Waals surface area contributed by atoms with E-state index in [2.05, 4.69) is 22.4 Å². The van der Waals surface area contributed by atoms with E-state index >= 15 is 0 Å². The highest BCUT2D eigenvalue weighted by atomic mass is 16.5. The number of para-hydroxylation sites is 1. The van der Waals surface area contributed by atoms with Crippen molar-refractivity contribution in [2.24, 2.45) is 5.92 Å². The molecule has 108 valence electrons. The number of nitrogens with zero attached hydrogens (tertiary/aromatic N) is 2. The van der Waals surface area contributed by atoms with Gasteiger partial charge in [-0.2, -0.15) is 4.98 Å². The first-order valence-electron chi connectivity index (χ1n) is 7.37. The molecule has 3 heterocycles. The number of hydrogen-bond acceptors (Lipinski definition) is 5. The fourth-order valence-corrected chi connectivity index (χ4v) is 2.93.